The lowest BCUT2D eigenvalue weighted by atomic mass is 10.1. The molecule has 3 aromatic carbocycles. The van der Waals surface area contributed by atoms with Crippen molar-refractivity contribution >= 4 is 39.0 Å². The van der Waals surface area contributed by atoms with Gasteiger partial charge in [0.25, 0.3) is 5.91 Å². The molecule has 0 aliphatic heterocycles. The van der Waals surface area contributed by atoms with Crippen molar-refractivity contribution in [3.8, 4) is 11.5 Å². The van der Waals surface area contributed by atoms with Crippen LogP contribution in [0.5, 0.6) is 11.5 Å². The van der Waals surface area contributed by atoms with E-state index >= 15 is 0 Å². The molecular formula is C26H24BrN3O3. The number of rotatable bonds is 8. The number of hydrogen-bond acceptors (Lipinski definition) is 4. The van der Waals surface area contributed by atoms with Crippen LogP contribution >= 0.6 is 15.9 Å². The highest BCUT2D eigenvalue weighted by Crippen LogP contribution is 2.30. The second-order valence-electron chi connectivity index (χ2n) is 7.47. The summed E-state index contributed by atoms with van der Waals surface area (Å²) >= 11 is 3.38. The third-order valence-corrected chi connectivity index (χ3v) is 5.82. The molecule has 0 bridgehead atoms. The highest BCUT2D eigenvalue weighted by Gasteiger charge is 2.13. The number of benzene rings is 3. The predicted octanol–water partition coefficient (Wildman–Crippen LogP) is 5.30. The SMILES string of the molecule is COc1cc(Br)ccc1OCC(=O)N/N=C/c1c(C)n(Cc2ccccc2)c2ccccc12. The molecule has 1 heterocycles. The molecular weight excluding hydrogens is 482 g/mol. The summed E-state index contributed by atoms with van der Waals surface area (Å²) in [5, 5.41) is 5.27. The zero-order chi connectivity index (χ0) is 23.2. The number of para-hydroxylation sites is 1. The van der Waals surface area contributed by atoms with Crippen LogP contribution in [0.3, 0.4) is 0 Å². The standard InChI is InChI=1S/C26H24BrN3O3/c1-18-22(15-28-29-26(31)17-33-24-13-12-20(27)14-25(24)32-2)21-10-6-7-11-23(21)30(18)16-19-8-4-3-5-9-19/h3-15H,16-17H2,1-2H3,(H,29,31)/b28-15+. The Balaban J connectivity index is 1.47. The van der Waals surface area contributed by atoms with Gasteiger partial charge in [0.05, 0.1) is 13.3 Å². The topological polar surface area (TPSA) is 64.8 Å². The molecule has 0 fully saturated rings. The second kappa shape index (κ2) is 10.4. The zero-order valence-corrected chi connectivity index (χ0v) is 20.0. The first-order valence-corrected chi connectivity index (χ1v) is 11.3. The summed E-state index contributed by atoms with van der Waals surface area (Å²) in [5.74, 6) is 0.670. The first kappa shape index (κ1) is 22.6. The van der Waals surface area contributed by atoms with Crippen LogP contribution in [0, 0.1) is 6.92 Å². The molecule has 4 aromatic rings. The minimum atomic E-state index is -0.359. The van der Waals surface area contributed by atoms with Crippen molar-refractivity contribution in [1.82, 2.24) is 9.99 Å². The number of methoxy groups -OCH3 is 1. The van der Waals surface area contributed by atoms with Crippen LogP contribution in [-0.2, 0) is 11.3 Å². The largest absolute Gasteiger partial charge is 0.493 e. The van der Waals surface area contributed by atoms with Gasteiger partial charge in [-0.1, -0.05) is 64.5 Å². The van der Waals surface area contributed by atoms with E-state index in [9.17, 15) is 4.79 Å². The molecule has 6 nitrogen and oxygen atoms in total. The number of hydrazone groups is 1. The highest BCUT2D eigenvalue weighted by atomic mass is 79.9. The van der Waals surface area contributed by atoms with E-state index in [4.69, 9.17) is 9.47 Å². The minimum Gasteiger partial charge on any atom is -0.493 e. The lowest BCUT2D eigenvalue weighted by Crippen LogP contribution is -2.24. The average molecular weight is 506 g/mol. The summed E-state index contributed by atoms with van der Waals surface area (Å²) in [6.45, 7) is 2.65. The third-order valence-electron chi connectivity index (χ3n) is 5.33. The number of carbonyl (C=O) groups is 1. The Hall–Kier alpha value is -3.58. The van der Waals surface area contributed by atoms with Gasteiger partial charge in [0.15, 0.2) is 18.1 Å². The average Bonchev–Trinajstić information content (AvgIpc) is 3.10. The van der Waals surface area contributed by atoms with Crippen molar-refractivity contribution in [1.29, 1.82) is 0 Å². The summed E-state index contributed by atoms with van der Waals surface area (Å²) in [6, 6.07) is 23.9. The van der Waals surface area contributed by atoms with Crippen molar-refractivity contribution in [2.75, 3.05) is 13.7 Å². The van der Waals surface area contributed by atoms with Gasteiger partial charge in [0.1, 0.15) is 0 Å². The fourth-order valence-corrected chi connectivity index (χ4v) is 4.04. The van der Waals surface area contributed by atoms with Gasteiger partial charge in [-0.25, -0.2) is 5.43 Å². The first-order valence-electron chi connectivity index (χ1n) is 10.5. The summed E-state index contributed by atoms with van der Waals surface area (Å²) in [4.78, 5) is 12.3. The number of nitrogens with zero attached hydrogens (tertiary/aromatic N) is 2. The lowest BCUT2D eigenvalue weighted by molar-refractivity contribution is -0.123. The number of ether oxygens (including phenoxy) is 2. The van der Waals surface area contributed by atoms with E-state index in [0.29, 0.717) is 11.5 Å². The van der Waals surface area contributed by atoms with Crippen molar-refractivity contribution in [3.05, 3.63) is 94.1 Å². The number of halogens is 1. The molecule has 7 heteroatoms. The molecule has 1 amide bonds. The molecule has 0 aliphatic carbocycles. The molecule has 0 saturated heterocycles. The van der Waals surface area contributed by atoms with Gasteiger partial charge < -0.3 is 14.0 Å². The number of nitrogens with one attached hydrogen (secondary N) is 1. The van der Waals surface area contributed by atoms with E-state index in [-0.39, 0.29) is 12.5 Å². The summed E-state index contributed by atoms with van der Waals surface area (Å²) in [7, 11) is 1.55. The number of aromatic nitrogens is 1. The molecule has 1 aromatic heterocycles. The monoisotopic (exact) mass is 505 g/mol. The van der Waals surface area contributed by atoms with Crippen molar-refractivity contribution in [2.24, 2.45) is 5.10 Å². The van der Waals surface area contributed by atoms with E-state index in [1.165, 1.54) is 5.56 Å². The lowest BCUT2D eigenvalue weighted by Gasteiger charge is -2.10. The molecule has 0 atom stereocenters. The number of fused-ring (bicyclic) bond motifs is 1. The maximum absolute atomic E-state index is 12.3. The zero-order valence-electron chi connectivity index (χ0n) is 18.4. The quantitative estimate of drug-likeness (QED) is 0.261. The summed E-state index contributed by atoms with van der Waals surface area (Å²) < 4.78 is 14.0. The maximum Gasteiger partial charge on any atom is 0.277 e. The molecule has 168 valence electrons. The Morgan fingerprint density at radius 2 is 1.82 bits per heavy atom. The Bertz CT molecular complexity index is 1300. The maximum atomic E-state index is 12.3. The van der Waals surface area contributed by atoms with E-state index < -0.39 is 0 Å². The Labute approximate surface area is 201 Å². The Morgan fingerprint density at radius 3 is 2.61 bits per heavy atom. The van der Waals surface area contributed by atoms with Crippen LogP contribution < -0.4 is 14.9 Å². The molecule has 33 heavy (non-hydrogen) atoms. The Morgan fingerprint density at radius 1 is 1.06 bits per heavy atom. The number of hydrogen-bond donors (Lipinski definition) is 1. The van der Waals surface area contributed by atoms with E-state index in [1.54, 1.807) is 25.5 Å². The molecule has 0 aliphatic rings. The van der Waals surface area contributed by atoms with E-state index in [1.807, 2.05) is 36.4 Å². The van der Waals surface area contributed by atoms with Crippen LogP contribution in [0.1, 0.15) is 16.8 Å². The van der Waals surface area contributed by atoms with E-state index in [0.717, 1.165) is 33.2 Å². The minimum absolute atomic E-state index is 0.177. The van der Waals surface area contributed by atoms with Crippen LogP contribution in [-0.4, -0.2) is 30.4 Å². The summed E-state index contributed by atoms with van der Waals surface area (Å²) in [6.07, 6.45) is 1.69. The van der Waals surface area contributed by atoms with Crippen LogP contribution in [0.4, 0.5) is 0 Å². The smallest absolute Gasteiger partial charge is 0.277 e. The van der Waals surface area contributed by atoms with Gasteiger partial charge in [-0.05, 0) is 36.8 Å². The number of carbonyl (C=O) groups excluding carboxylic acids is 1. The van der Waals surface area contributed by atoms with E-state index in [2.05, 4.69) is 62.2 Å². The number of amides is 1. The normalized spacial score (nSPS) is 11.1. The fourth-order valence-electron chi connectivity index (χ4n) is 3.70. The molecule has 0 radical (unpaired) electrons. The van der Waals surface area contributed by atoms with Gasteiger partial charge in [-0.15, -0.1) is 0 Å². The fraction of sp³-hybridized carbons (Fsp3) is 0.154. The molecule has 1 N–H and O–H groups in total. The van der Waals surface area contributed by atoms with Crippen LogP contribution in [0.25, 0.3) is 10.9 Å². The van der Waals surface area contributed by atoms with Crippen LogP contribution in [0.2, 0.25) is 0 Å². The molecule has 0 spiro atoms. The van der Waals surface area contributed by atoms with Gasteiger partial charge in [-0.3, -0.25) is 4.79 Å². The van der Waals surface area contributed by atoms with Crippen molar-refractivity contribution in [2.45, 2.75) is 13.5 Å². The highest BCUT2D eigenvalue weighted by molar-refractivity contribution is 9.10. The second-order valence-corrected chi connectivity index (χ2v) is 8.38. The third kappa shape index (κ3) is 5.26. The van der Waals surface area contributed by atoms with Gasteiger partial charge in [0, 0.05) is 33.2 Å². The molecule has 4 rings (SSSR count). The van der Waals surface area contributed by atoms with Crippen LogP contribution in [0.15, 0.2) is 82.4 Å². The van der Waals surface area contributed by atoms with Gasteiger partial charge in [-0.2, -0.15) is 5.10 Å². The van der Waals surface area contributed by atoms with Gasteiger partial charge in [0.2, 0.25) is 0 Å². The van der Waals surface area contributed by atoms with Gasteiger partial charge >= 0.3 is 0 Å². The Kier molecular flexibility index (Phi) is 7.10. The predicted molar refractivity (Wildman–Crippen MR) is 134 cm³/mol. The molecule has 0 unspecified atom stereocenters. The van der Waals surface area contributed by atoms with Crippen molar-refractivity contribution < 1.29 is 14.3 Å². The molecule has 0 saturated carbocycles. The summed E-state index contributed by atoms with van der Waals surface area (Å²) in [5.41, 5.74) is 6.94. The van der Waals surface area contributed by atoms with Crippen molar-refractivity contribution in [3.63, 3.8) is 0 Å². The first-order chi connectivity index (χ1) is 16.1.